The van der Waals surface area contributed by atoms with E-state index in [0.717, 1.165) is 77.6 Å². The lowest BCUT2D eigenvalue weighted by Crippen LogP contribution is -2.48. The van der Waals surface area contributed by atoms with Crippen molar-refractivity contribution in [2.75, 3.05) is 65.6 Å². The Morgan fingerprint density at radius 3 is 1.68 bits per heavy atom. The summed E-state index contributed by atoms with van der Waals surface area (Å²) >= 11 is 0. The summed E-state index contributed by atoms with van der Waals surface area (Å²) in [5, 5.41) is 11.5. The van der Waals surface area contributed by atoms with Gasteiger partial charge in [-0.1, -0.05) is 12.1 Å². The molecule has 3 aromatic carbocycles. The van der Waals surface area contributed by atoms with Gasteiger partial charge in [0.2, 0.25) is 0 Å². The van der Waals surface area contributed by atoms with E-state index >= 15 is 0 Å². The maximum absolute atomic E-state index is 12.9. The molecule has 2 aliphatic rings. The monoisotopic (exact) mass is 909 g/mol. The lowest BCUT2D eigenvalue weighted by molar-refractivity contribution is 0.0931. The highest BCUT2D eigenvalue weighted by Crippen LogP contribution is 2.27. The Labute approximate surface area is 387 Å². The third kappa shape index (κ3) is 11.1. The molecule has 0 aliphatic carbocycles. The zero-order valence-electron chi connectivity index (χ0n) is 36.6. The van der Waals surface area contributed by atoms with Gasteiger partial charge in [-0.25, -0.2) is 19.9 Å². The minimum absolute atomic E-state index is 0. The highest BCUT2D eigenvalue weighted by Gasteiger charge is 2.25. The Kier molecular flexibility index (Phi) is 14.6. The van der Waals surface area contributed by atoms with Gasteiger partial charge in [0.25, 0.3) is 17.7 Å². The largest absolute Gasteiger partial charge is 0.378 e. The van der Waals surface area contributed by atoms with E-state index in [1.165, 1.54) is 0 Å². The zero-order valence-corrected chi connectivity index (χ0v) is 37.4. The molecule has 0 bridgehead atoms. The molecule has 9 rings (SSSR count). The molecular weight excluding hydrogens is 858 g/mol. The number of pyridine rings is 2. The third-order valence-corrected chi connectivity index (χ3v) is 11.2. The molecule has 0 saturated carbocycles. The van der Waals surface area contributed by atoms with Gasteiger partial charge in [0.1, 0.15) is 11.6 Å². The van der Waals surface area contributed by atoms with Crippen LogP contribution in [0.2, 0.25) is 0 Å². The van der Waals surface area contributed by atoms with Gasteiger partial charge in [-0.05, 0) is 98.5 Å². The minimum atomic E-state index is -0.668. The molecule has 6 heterocycles. The van der Waals surface area contributed by atoms with Gasteiger partial charge in [0.05, 0.1) is 23.4 Å². The normalized spacial score (nSPS) is 15.7. The molecule has 3 amide bonds. The number of anilines is 7. The fraction of sp³-hybridized carbons (Fsp3) is 0.255. The van der Waals surface area contributed by atoms with Crippen molar-refractivity contribution in [2.24, 2.45) is 17.2 Å². The van der Waals surface area contributed by atoms with Crippen LogP contribution in [0, 0.1) is 0 Å². The zero-order chi connectivity index (χ0) is 45.5. The van der Waals surface area contributed by atoms with Crippen LogP contribution in [0.4, 0.5) is 40.3 Å². The molecule has 2 atom stereocenters. The van der Waals surface area contributed by atoms with Crippen LogP contribution < -0.4 is 47.9 Å². The molecule has 4 aromatic heterocycles. The predicted molar refractivity (Wildman–Crippen MR) is 261 cm³/mol. The van der Waals surface area contributed by atoms with Crippen LogP contribution in [-0.2, 0) is 0 Å². The number of nitrogens with two attached hydrogens (primary N) is 3. The third-order valence-electron chi connectivity index (χ3n) is 11.2. The molecule has 0 spiro atoms. The van der Waals surface area contributed by atoms with Crippen molar-refractivity contribution in [1.82, 2.24) is 35.2 Å². The molecule has 9 N–H and O–H groups in total. The summed E-state index contributed by atoms with van der Waals surface area (Å²) in [5.74, 6) is 0.500. The van der Waals surface area contributed by atoms with E-state index in [4.69, 9.17) is 22.2 Å². The number of carbonyl (C=O) groups excluding carboxylic acids is 3. The second kappa shape index (κ2) is 20.9. The molecule has 0 unspecified atom stereocenters. The minimum Gasteiger partial charge on any atom is -0.378 e. The number of fused-ring (bicyclic) bond motifs is 2. The fourth-order valence-electron chi connectivity index (χ4n) is 7.88. The average Bonchev–Trinajstić information content (AvgIpc) is 3.31. The van der Waals surface area contributed by atoms with Crippen LogP contribution in [0.25, 0.3) is 21.8 Å². The Bertz CT molecular complexity index is 2850. The molecule has 19 heteroatoms. The van der Waals surface area contributed by atoms with Crippen molar-refractivity contribution in [3.8, 4) is 0 Å². The lowest BCUT2D eigenvalue weighted by Gasteiger charge is -2.34. The van der Waals surface area contributed by atoms with Crippen molar-refractivity contribution in [3.63, 3.8) is 0 Å². The molecule has 18 nitrogen and oxygen atoms in total. The Morgan fingerprint density at radius 2 is 1.18 bits per heavy atom. The van der Waals surface area contributed by atoms with E-state index in [1.807, 2.05) is 104 Å². The summed E-state index contributed by atoms with van der Waals surface area (Å²) in [4.78, 5) is 69.4. The first-order chi connectivity index (χ1) is 31.5. The summed E-state index contributed by atoms with van der Waals surface area (Å²) in [6.45, 7) is 2.91. The first kappa shape index (κ1) is 46.3. The highest BCUT2D eigenvalue weighted by atomic mass is 35.5. The van der Waals surface area contributed by atoms with Gasteiger partial charge >= 0.3 is 0 Å². The van der Waals surface area contributed by atoms with Gasteiger partial charge < -0.3 is 47.9 Å². The fourth-order valence-corrected chi connectivity index (χ4v) is 7.88. The quantitative estimate of drug-likeness (QED) is 0.0931. The standard InChI is InChI=1S/C28H30N8O2.C19H21N7O.ClH/c1-35(2)22-10-7-18(8-11-22)28(38)33-21-6-4-14-36(17-21)24-16-31-25(26(29)37)27(34-24)32-20-9-12-23-19(15-20)5-3-13-30-23;20-13-4-2-8-26(11-13)16-10-23-17(18(21)27)19(25-16)24-14-5-6-15-12(9-14)3-1-7-22-15;/h3,5,7-13,15-16,21H,4,6,14,17H2,1-2H3,(H2,29,37)(H,32,34)(H,33,38);1,3,5-7,9-10,13H,2,4,8,11,20H2,(H2,21,27)(H,24,25);1H/t21-;13-;/m11./s1. The molecule has 7 aromatic rings. The highest BCUT2D eigenvalue weighted by molar-refractivity contribution is 5.98. The number of halogens is 1. The van der Waals surface area contributed by atoms with Crippen molar-refractivity contribution in [3.05, 3.63) is 127 Å². The van der Waals surface area contributed by atoms with E-state index in [1.54, 1.807) is 24.8 Å². The van der Waals surface area contributed by atoms with Crippen LogP contribution in [0.5, 0.6) is 0 Å². The predicted octanol–water partition coefficient (Wildman–Crippen LogP) is 5.55. The molecule has 66 heavy (non-hydrogen) atoms. The van der Waals surface area contributed by atoms with Gasteiger partial charge in [0.15, 0.2) is 23.0 Å². The van der Waals surface area contributed by atoms with Crippen molar-refractivity contribution >= 4 is 92.3 Å². The molecule has 0 radical (unpaired) electrons. The molecule has 2 fully saturated rings. The summed E-state index contributed by atoms with van der Waals surface area (Å²) in [5.41, 5.74) is 22.2. The molecular formula is C47H52ClN15O3. The Hall–Kier alpha value is -7.70. The molecule has 340 valence electrons. The lowest BCUT2D eigenvalue weighted by atomic mass is 10.0. The number of nitrogens with zero attached hydrogens (tertiary/aromatic N) is 9. The van der Waals surface area contributed by atoms with Crippen LogP contribution in [-0.4, -0.2) is 100.0 Å². The maximum Gasteiger partial charge on any atom is 0.271 e. The first-order valence-electron chi connectivity index (χ1n) is 21.4. The van der Waals surface area contributed by atoms with Crippen LogP contribution in [0.3, 0.4) is 0 Å². The number of amides is 3. The van der Waals surface area contributed by atoms with Gasteiger partial charge in [-0.15, -0.1) is 12.4 Å². The van der Waals surface area contributed by atoms with E-state index in [-0.39, 0.29) is 47.6 Å². The van der Waals surface area contributed by atoms with Crippen molar-refractivity contribution in [2.45, 2.75) is 37.8 Å². The van der Waals surface area contributed by atoms with Crippen molar-refractivity contribution in [1.29, 1.82) is 0 Å². The SMILES string of the molecule is CN(C)c1ccc(C(=O)N[C@@H]2CCCN(c3cnc(C(N)=O)c(Nc4ccc5ncccc5c4)n3)C2)cc1.Cl.NC(=O)c1ncc(N2CCC[C@@H](N)C2)nc1Nc1ccc2ncccc2c1. The van der Waals surface area contributed by atoms with E-state index < -0.39 is 11.8 Å². The Balaban J connectivity index is 0.000000204. The number of benzene rings is 3. The number of piperidine rings is 2. The number of nitrogens with one attached hydrogen (secondary N) is 3. The summed E-state index contributed by atoms with van der Waals surface area (Å²) in [7, 11) is 3.93. The second-order valence-electron chi connectivity index (χ2n) is 16.2. The maximum atomic E-state index is 12.9. The summed E-state index contributed by atoms with van der Waals surface area (Å²) in [6, 6.07) is 26.7. The van der Waals surface area contributed by atoms with Crippen LogP contribution >= 0.6 is 12.4 Å². The van der Waals surface area contributed by atoms with Gasteiger partial charge in [-0.2, -0.15) is 0 Å². The van der Waals surface area contributed by atoms with E-state index in [0.29, 0.717) is 36.1 Å². The first-order valence-corrected chi connectivity index (χ1v) is 21.4. The topological polar surface area (TPSA) is 252 Å². The number of hydrogen-bond donors (Lipinski definition) is 6. The number of carbonyl (C=O) groups is 3. The summed E-state index contributed by atoms with van der Waals surface area (Å²) in [6.07, 6.45) is 10.4. The van der Waals surface area contributed by atoms with E-state index in [2.05, 4.69) is 50.7 Å². The number of hydrogen-bond acceptors (Lipinski definition) is 15. The summed E-state index contributed by atoms with van der Waals surface area (Å²) < 4.78 is 0. The molecule has 2 aliphatic heterocycles. The average molecular weight is 910 g/mol. The second-order valence-corrected chi connectivity index (χ2v) is 16.2. The number of rotatable bonds is 11. The van der Waals surface area contributed by atoms with Crippen LogP contribution in [0.1, 0.15) is 57.0 Å². The number of primary amides is 2. The van der Waals surface area contributed by atoms with Gasteiger partial charge in [0, 0.05) is 98.1 Å². The number of aromatic nitrogens is 6. The van der Waals surface area contributed by atoms with Crippen LogP contribution in [0.15, 0.2) is 110 Å². The van der Waals surface area contributed by atoms with Crippen molar-refractivity contribution < 1.29 is 14.4 Å². The van der Waals surface area contributed by atoms with Gasteiger partial charge in [-0.3, -0.25) is 24.4 Å². The molecule has 2 saturated heterocycles. The smallest absolute Gasteiger partial charge is 0.271 e. The Morgan fingerprint density at radius 1 is 0.667 bits per heavy atom. The van der Waals surface area contributed by atoms with E-state index in [9.17, 15) is 14.4 Å².